The molecule has 1 fully saturated rings. The Kier molecular flexibility index (Phi) is 4.58. The van der Waals surface area contributed by atoms with Crippen LogP contribution < -0.4 is 0 Å². The largest absolute Gasteiger partial charge is 0.251 e. The highest BCUT2D eigenvalue weighted by Crippen LogP contribution is 2.37. The number of hydrogen-bond acceptors (Lipinski definition) is 0. The summed E-state index contributed by atoms with van der Waals surface area (Å²) >= 11 is 0. The van der Waals surface area contributed by atoms with Gasteiger partial charge in [0.25, 0.3) is 0 Å². The van der Waals surface area contributed by atoms with Crippen LogP contribution in [-0.4, -0.2) is 6.67 Å². The zero-order valence-electron chi connectivity index (χ0n) is 10.8. The van der Waals surface area contributed by atoms with Crippen LogP contribution in [0.4, 0.5) is 4.39 Å². The molecule has 94 valence electrons. The molecule has 1 aromatic carbocycles. The van der Waals surface area contributed by atoms with E-state index in [-0.39, 0.29) is 6.67 Å². The Labute approximate surface area is 104 Å². The Morgan fingerprint density at radius 1 is 1.06 bits per heavy atom. The Morgan fingerprint density at radius 2 is 1.71 bits per heavy atom. The van der Waals surface area contributed by atoms with Crippen molar-refractivity contribution in [2.45, 2.75) is 51.4 Å². The summed E-state index contributed by atoms with van der Waals surface area (Å²) in [6.07, 6.45) is 7.02. The number of rotatable bonds is 4. The number of halogens is 1. The molecule has 0 radical (unpaired) electrons. The minimum atomic E-state index is -0.141. The SMILES string of the molecule is Cc1ccc(C2CCC(CCCF)CC2)cc1. The van der Waals surface area contributed by atoms with Crippen molar-refractivity contribution in [3.63, 3.8) is 0 Å². The highest BCUT2D eigenvalue weighted by atomic mass is 19.1. The lowest BCUT2D eigenvalue weighted by atomic mass is 9.77. The molecule has 0 atom stereocenters. The van der Waals surface area contributed by atoms with Gasteiger partial charge in [0.15, 0.2) is 0 Å². The smallest absolute Gasteiger partial charge is 0.0894 e. The Hall–Kier alpha value is -0.850. The third-order valence-corrected chi connectivity index (χ3v) is 4.14. The summed E-state index contributed by atoms with van der Waals surface area (Å²) in [6.45, 7) is 2.00. The van der Waals surface area contributed by atoms with Gasteiger partial charge in [0.05, 0.1) is 6.67 Å². The first-order valence-electron chi connectivity index (χ1n) is 6.92. The molecular weight excluding hydrogens is 211 g/mol. The van der Waals surface area contributed by atoms with Crippen molar-refractivity contribution >= 4 is 0 Å². The van der Waals surface area contributed by atoms with Crippen molar-refractivity contribution in [2.24, 2.45) is 5.92 Å². The molecule has 0 N–H and O–H groups in total. The van der Waals surface area contributed by atoms with E-state index >= 15 is 0 Å². The van der Waals surface area contributed by atoms with E-state index in [0.29, 0.717) is 0 Å². The zero-order valence-corrected chi connectivity index (χ0v) is 10.8. The van der Waals surface area contributed by atoms with Crippen LogP contribution in [0.2, 0.25) is 0 Å². The molecule has 0 bridgehead atoms. The molecule has 0 nitrogen and oxygen atoms in total. The highest BCUT2D eigenvalue weighted by Gasteiger charge is 2.21. The molecule has 1 aliphatic rings. The Balaban J connectivity index is 1.84. The van der Waals surface area contributed by atoms with E-state index in [2.05, 4.69) is 31.2 Å². The van der Waals surface area contributed by atoms with Gasteiger partial charge < -0.3 is 0 Å². The van der Waals surface area contributed by atoms with Crippen LogP contribution in [0.1, 0.15) is 55.6 Å². The van der Waals surface area contributed by atoms with Crippen molar-refractivity contribution < 1.29 is 4.39 Å². The lowest BCUT2D eigenvalue weighted by Crippen LogP contribution is -2.13. The fourth-order valence-corrected chi connectivity index (χ4v) is 2.99. The summed E-state index contributed by atoms with van der Waals surface area (Å²) in [5.74, 6) is 1.53. The summed E-state index contributed by atoms with van der Waals surface area (Å²) in [5.41, 5.74) is 2.84. The van der Waals surface area contributed by atoms with Crippen molar-refractivity contribution in [2.75, 3.05) is 6.67 Å². The fraction of sp³-hybridized carbons (Fsp3) is 0.625. The second-order valence-electron chi connectivity index (χ2n) is 5.46. The Morgan fingerprint density at radius 3 is 2.29 bits per heavy atom. The molecule has 0 spiro atoms. The van der Waals surface area contributed by atoms with Crippen LogP contribution >= 0.6 is 0 Å². The van der Waals surface area contributed by atoms with Gasteiger partial charge in [-0.2, -0.15) is 0 Å². The predicted octanol–water partition coefficient (Wildman–Crippen LogP) is 5.02. The summed E-state index contributed by atoms with van der Waals surface area (Å²) in [4.78, 5) is 0. The maximum atomic E-state index is 12.1. The number of alkyl halides is 1. The lowest BCUT2D eigenvalue weighted by Gasteiger charge is -2.28. The minimum Gasteiger partial charge on any atom is -0.251 e. The molecule has 0 saturated heterocycles. The van der Waals surface area contributed by atoms with Gasteiger partial charge >= 0.3 is 0 Å². The van der Waals surface area contributed by atoms with Gasteiger partial charge in [-0.05, 0) is 62.8 Å². The van der Waals surface area contributed by atoms with Crippen LogP contribution in [-0.2, 0) is 0 Å². The van der Waals surface area contributed by atoms with Gasteiger partial charge in [0.1, 0.15) is 0 Å². The minimum absolute atomic E-state index is 0.141. The molecule has 0 amide bonds. The van der Waals surface area contributed by atoms with E-state index < -0.39 is 0 Å². The summed E-state index contributed by atoms with van der Waals surface area (Å²) in [7, 11) is 0. The van der Waals surface area contributed by atoms with Crippen LogP contribution in [0.15, 0.2) is 24.3 Å². The van der Waals surface area contributed by atoms with E-state index in [9.17, 15) is 4.39 Å². The molecule has 0 aromatic heterocycles. The van der Waals surface area contributed by atoms with E-state index in [0.717, 1.165) is 24.7 Å². The summed E-state index contributed by atoms with van der Waals surface area (Å²) in [6, 6.07) is 8.98. The maximum Gasteiger partial charge on any atom is 0.0894 e. The Bertz CT molecular complexity index is 320. The molecule has 1 aliphatic carbocycles. The normalized spacial score (nSPS) is 24.8. The number of benzene rings is 1. The molecule has 17 heavy (non-hydrogen) atoms. The quantitative estimate of drug-likeness (QED) is 0.686. The van der Waals surface area contributed by atoms with Crippen LogP contribution in [0.5, 0.6) is 0 Å². The standard InChI is InChI=1S/C16H23F/c1-13-4-8-15(9-5-13)16-10-6-14(7-11-16)3-2-12-17/h4-5,8-9,14,16H,2-3,6-7,10-12H2,1H3. The van der Waals surface area contributed by atoms with Gasteiger partial charge in [-0.25, -0.2) is 0 Å². The monoisotopic (exact) mass is 234 g/mol. The van der Waals surface area contributed by atoms with Crippen LogP contribution in [0.25, 0.3) is 0 Å². The van der Waals surface area contributed by atoms with E-state index in [1.54, 1.807) is 0 Å². The molecule has 1 saturated carbocycles. The van der Waals surface area contributed by atoms with Crippen molar-refractivity contribution in [3.8, 4) is 0 Å². The maximum absolute atomic E-state index is 12.1. The van der Waals surface area contributed by atoms with Crippen molar-refractivity contribution in [3.05, 3.63) is 35.4 Å². The van der Waals surface area contributed by atoms with Gasteiger partial charge in [-0.1, -0.05) is 29.8 Å². The molecular formula is C16H23F. The second-order valence-corrected chi connectivity index (χ2v) is 5.46. The first kappa shape index (κ1) is 12.6. The van der Waals surface area contributed by atoms with Gasteiger partial charge in [-0.15, -0.1) is 0 Å². The van der Waals surface area contributed by atoms with Gasteiger partial charge in [-0.3, -0.25) is 4.39 Å². The van der Waals surface area contributed by atoms with Gasteiger partial charge in [0.2, 0.25) is 0 Å². The first-order chi connectivity index (χ1) is 8.29. The molecule has 2 rings (SSSR count). The van der Waals surface area contributed by atoms with Gasteiger partial charge in [0, 0.05) is 0 Å². The number of aryl methyl sites for hydroxylation is 1. The summed E-state index contributed by atoms with van der Waals surface area (Å²) < 4.78 is 12.1. The third kappa shape index (κ3) is 3.55. The second kappa shape index (κ2) is 6.18. The molecule has 0 aliphatic heterocycles. The average Bonchev–Trinajstić information content (AvgIpc) is 2.38. The van der Waals surface area contributed by atoms with E-state index in [1.807, 2.05) is 0 Å². The third-order valence-electron chi connectivity index (χ3n) is 4.14. The average molecular weight is 234 g/mol. The van der Waals surface area contributed by atoms with E-state index in [4.69, 9.17) is 0 Å². The predicted molar refractivity (Wildman–Crippen MR) is 71.1 cm³/mol. The van der Waals surface area contributed by atoms with Crippen molar-refractivity contribution in [1.82, 2.24) is 0 Å². The van der Waals surface area contributed by atoms with Crippen molar-refractivity contribution in [1.29, 1.82) is 0 Å². The van der Waals surface area contributed by atoms with E-state index in [1.165, 1.54) is 36.8 Å². The fourth-order valence-electron chi connectivity index (χ4n) is 2.99. The topological polar surface area (TPSA) is 0 Å². The first-order valence-corrected chi connectivity index (χ1v) is 6.92. The summed E-state index contributed by atoms with van der Waals surface area (Å²) in [5, 5.41) is 0. The van der Waals surface area contributed by atoms with Crippen LogP contribution in [0, 0.1) is 12.8 Å². The highest BCUT2D eigenvalue weighted by molar-refractivity contribution is 5.24. The molecule has 0 heterocycles. The molecule has 0 unspecified atom stereocenters. The zero-order chi connectivity index (χ0) is 12.1. The van der Waals surface area contributed by atoms with Crippen LogP contribution in [0.3, 0.4) is 0 Å². The molecule has 1 aromatic rings. The number of hydrogen-bond donors (Lipinski definition) is 0. The lowest BCUT2D eigenvalue weighted by molar-refractivity contribution is 0.293. The molecule has 1 heteroatoms.